The number of rotatable bonds is 3. The Kier molecular flexibility index (Phi) is 3.15. The van der Waals surface area contributed by atoms with Crippen LogP contribution in [0.5, 0.6) is 0 Å². The van der Waals surface area contributed by atoms with Crippen LogP contribution < -0.4 is 0 Å². The molecule has 0 aliphatic rings. The molecule has 0 saturated carbocycles. The van der Waals surface area contributed by atoms with Gasteiger partial charge in [-0.2, -0.15) is 0 Å². The topological polar surface area (TPSA) is 0 Å². The molecule has 1 unspecified atom stereocenters. The summed E-state index contributed by atoms with van der Waals surface area (Å²) in [6, 6.07) is 10.4. The van der Waals surface area contributed by atoms with E-state index < -0.39 is 0 Å². The summed E-state index contributed by atoms with van der Waals surface area (Å²) < 4.78 is 0. The van der Waals surface area contributed by atoms with E-state index in [0.717, 1.165) is 6.42 Å². The van der Waals surface area contributed by atoms with Gasteiger partial charge in [0, 0.05) is 0 Å². The molecular formula is C11H14. The van der Waals surface area contributed by atoms with E-state index in [1.54, 1.807) is 0 Å². The molecule has 1 aromatic carbocycles. The normalized spacial score (nSPS) is 12.9. The predicted molar refractivity (Wildman–Crippen MR) is 49.1 cm³/mol. The van der Waals surface area contributed by atoms with E-state index in [1.807, 2.05) is 6.07 Å². The molecule has 58 valence electrons. The first-order valence-corrected chi connectivity index (χ1v) is 4.00. The molecule has 2 radical (unpaired) electrons. The first kappa shape index (κ1) is 8.32. The maximum Gasteiger partial charge on any atom is -0.0159 e. The standard InChI is InChI=1S/C11H14/c1-3-7-10(2)11-8-5-4-6-9-11/h3-6,8-10H,2,7H2,1H3. The quantitative estimate of drug-likeness (QED) is 0.614. The van der Waals surface area contributed by atoms with E-state index in [1.165, 1.54) is 5.56 Å². The monoisotopic (exact) mass is 146 g/mol. The average molecular weight is 146 g/mol. The van der Waals surface area contributed by atoms with Crippen LogP contribution in [0.1, 0.15) is 24.8 Å². The van der Waals surface area contributed by atoms with Gasteiger partial charge in [-0.3, -0.25) is 0 Å². The van der Waals surface area contributed by atoms with E-state index in [0.29, 0.717) is 5.92 Å². The van der Waals surface area contributed by atoms with Gasteiger partial charge in [0.1, 0.15) is 0 Å². The number of hydrogen-bond donors (Lipinski definition) is 0. The van der Waals surface area contributed by atoms with Gasteiger partial charge in [-0.1, -0.05) is 37.3 Å². The third kappa shape index (κ3) is 2.38. The van der Waals surface area contributed by atoms with Crippen LogP contribution in [0.25, 0.3) is 0 Å². The summed E-state index contributed by atoms with van der Waals surface area (Å²) in [6.07, 6.45) is 3.22. The van der Waals surface area contributed by atoms with Crippen molar-refractivity contribution in [3.8, 4) is 0 Å². The largest absolute Gasteiger partial charge is 0.0622 e. The van der Waals surface area contributed by atoms with Gasteiger partial charge in [-0.25, -0.2) is 0 Å². The van der Waals surface area contributed by atoms with Crippen LogP contribution in [-0.4, -0.2) is 0 Å². The Morgan fingerprint density at radius 3 is 2.55 bits per heavy atom. The van der Waals surface area contributed by atoms with Crippen LogP contribution in [0.3, 0.4) is 0 Å². The Labute approximate surface area is 69.3 Å². The van der Waals surface area contributed by atoms with E-state index in [4.69, 9.17) is 0 Å². The van der Waals surface area contributed by atoms with Crippen molar-refractivity contribution in [2.75, 3.05) is 0 Å². The predicted octanol–water partition coefficient (Wildman–Crippen LogP) is 3.22. The summed E-state index contributed by atoms with van der Waals surface area (Å²) >= 11 is 0. The molecule has 0 aliphatic carbocycles. The van der Waals surface area contributed by atoms with Gasteiger partial charge < -0.3 is 0 Å². The van der Waals surface area contributed by atoms with Crippen LogP contribution in [0, 0.1) is 13.3 Å². The molecule has 0 aromatic heterocycles. The summed E-state index contributed by atoms with van der Waals surface area (Å²) in [5.74, 6) is 0.418. The fourth-order valence-electron chi connectivity index (χ4n) is 1.15. The molecule has 0 heterocycles. The molecule has 0 nitrogen and oxygen atoms in total. The Morgan fingerprint density at radius 1 is 1.36 bits per heavy atom. The summed E-state index contributed by atoms with van der Waals surface area (Å²) in [5, 5.41) is 0. The van der Waals surface area contributed by atoms with Crippen LogP contribution in [0.4, 0.5) is 0 Å². The van der Waals surface area contributed by atoms with Crippen LogP contribution in [-0.2, 0) is 0 Å². The SMILES string of the molecule is [CH2]C(C[CH]C)c1ccccc1. The van der Waals surface area contributed by atoms with Crippen LogP contribution >= 0.6 is 0 Å². The molecule has 1 rings (SSSR count). The third-order valence-corrected chi connectivity index (χ3v) is 1.79. The lowest BCUT2D eigenvalue weighted by Gasteiger charge is -2.08. The minimum Gasteiger partial charge on any atom is -0.0622 e. The molecule has 0 spiro atoms. The fourth-order valence-corrected chi connectivity index (χ4v) is 1.15. The van der Waals surface area contributed by atoms with Crippen LogP contribution in [0.15, 0.2) is 30.3 Å². The molecular weight excluding hydrogens is 132 g/mol. The molecule has 0 fully saturated rings. The van der Waals surface area contributed by atoms with E-state index >= 15 is 0 Å². The second kappa shape index (κ2) is 4.17. The summed E-state index contributed by atoms with van der Waals surface area (Å²) in [5.41, 5.74) is 1.32. The fraction of sp³-hybridized carbons (Fsp3) is 0.273. The molecule has 0 N–H and O–H groups in total. The molecule has 1 atom stereocenters. The molecule has 1 aromatic rings. The van der Waals surface area contributed by atoms with Gasteiger partial charge in [0.05, 0.1) is 0 Å². The van der Waals surface area contributed by atoms with Gasteiger partial charge in [-0.05, 0) is 31.2 Å². The van der Waals surface area contributed by atoms with Crippen molar-refractivity contribution in [1.82, 2.24) is 0 Å². The summed E-state index contributed by atoms with van der Waals surface area (Å²) in [6.45, 7) is 6.14. The lowest BCUT2D eigenvalue weighted by Crippen LogP contribution is -1.91. The van der Waals surface area contributed by atoms with Gasteiger partial charge in [0.25, 0.3) is 0 Å². The van der Waals surface area contributed by atoms with Gasteiger partial charge in [-0.15, -0.1) is 0 Å². The zero-order chi connectivity index (χ0) is 8.10. The van der Waals surface area contributed by atoms with Gasteiger partial charge in [0.2, 0.25) is 0 Å². The van der Waals surface area contributed by atoms with Gasteiger partial charge in [0.15, 0.2) is 0 Å². The Morgan fingerprint density at radius 2 is 2.00 bits per heavy atom. The zero-order valence-corrected chi connectivity index (χ0v) is 6.96. The smallest absolute Gasteiger partial charge is 0.0159 e. The minimum atomic E-state index is 0.418. The maximum absolute atomic E-state index is 4.07. The van der Waals surface area contributed by atoms with Crippen molar-refractivity contribution in [3.05, 3.63) is 49.2 Å². The maximum atomic E-state index is 4.07. The Hall–Kier alpha value is -0.780. The summed E-state index contributed by atoms with van der Waals surface area (Å²) in [4.78, 5) is 0. The second-order valence-electron chi connectivity index (χ2n) is 2.75. The van der Waals surface area contributed by atoms with Crippen molar-refractivity contribution in [2.45, 2.75) is 19.3 Å². The number of benzene rings is 1. The molecule has 0 aliphatic heterocycles. The highest BCUT2D eigenvalue weighted by atomic mass is 14.1. The highest BCUT2D eigenvalue weighted by Crippen LogP contribution is 2.18. The third-order valence-electron chi connectivity index (χ3n) is 1.79. The average Bonchev–Trinajstić information content (AvgIpc) is 2.07. The molecule has 0 saturated heterocycles. The zero-order valence-electron chi connectivity index (χ0n) is 6.96. The van der Waals surface area contributed by atoms with Crippen molar-refractivity contribution >= 4 is 0 Å². The van der Waals surface area contributed by atoms with E-state index in [-0.39, 0.29) is 0 Å². The number of hydrogen-bond acceptors (Lipinski definition) is 0. The van der Waals surface area contributed by atoms with E-state index in [2.05, 4.69) is 44.5 Å². The first-order valence-electron chi connectivity index (χ1n) is 4.00. The van der Waals surface area contributed by atoms with Crippen LogP contribution in [0.2, 0.25) is 0 Å². The highest BCUT2D eigenvalue weighted by molar-refractivity contribution is 5.20. The van der Waals surface area contributed by atoms with Crippen molar-refractivity contribution < 1.29 is 0 Å². The molecule has 0 amide bonds. The summed E-state index contributed by atoms with van der Waals surface area (Å²) in [7, 11) is 0. The molecule has 11 heavy (non-hydrogen) atoms. The highest BCUT2D eigenvalue weighted by Gasteiger charge is 2.01. The Bertz CT molecular complexity index is 188. The van der Waals surface area contributed by atoms with E-state index in [9.17, 15) is 0 Å². The minimum absolute atomic E-state index is 0.418. The van der Waals surface area contributed by atoms with Crippen molar-refractivity contribution in [1.29, 1.82) is 0 Å². The first-order chi connectivity index (χ1) is 5.34. The van der Waals surface area contributed by atoms with Crippen molar-refractivity contribution in [2.24, 2.45) is 0 Å². The molecule has 0 heteroatoms. The van der Waals surface area contributed by atoms with Crippen molar-refractivity contribution in [3.63, 3.8) is 0 Å². The Balaban J connectivity index is 2.61. The lowest BCUT2D eigenvalue weighted by molar-refractivity contribution is 0.817. The second-order valence-corrected chi connectivity index (χ2v) is 2.75. The lowest BCUT2D eigenvalue weighted by atomic mass is 9.97. The molecule has 0 bridgehead atoms. The van der Waals surface area contributed by atoms with Gasteiger partial charge >= 0.3 is 0 Å².